The van der Waals surface area contributed by atoms with Gasteiger partial charge in [-0.05, 0) is 43.5 Å². The average molecular weight is 299 g/mol. The number of aliphatic hydroxyl groups excluding tert-OH is 1. The molecule has 1 aromatic carbocycles. The number of benzene rings is 1. The molecule has 0 atom stereocenters. The number of allylic oxidation sites excluding steroid dienone is 1. The Morgan fingerprint density at radius 1 is 1.43 bits per heavy atom. The van der Waals surface area contributed by atoms with E-state index in [9.17, 15) is 9.90 Å². The Kier molecular flexibility index (Phi) is 4.21. The molecule has 1 aromatic rings. The fourth-order valence-corrected chi connectivity index (χ4v) is 2.13. The van der Waals surface area contributed by atoms with Crippen LogP contribution in [0.25, 0.3) is 0 Å². The Hall–Kier alpha value is -2.44. The van der Waals surface area contributed by atoms with Crippen molar-refractivity contribution in [3.63, 3.8) is 0 Å². The van der Waals surface area contributed by atoms with Crippen molar-refractivity contribution in [3.8, 4) is 12.1 Å². The van der Waals surface area contributed by atoms with E-state index in [1.807, 2.05) is 6.07 Å². The summed E-state index contributed by atoms with van der Waals surface area (Å²) in [5, 5.41) is 27.9. The zero-order valence-corrected chi connectivity index (χ0v) is 12.3. The van der Waals surface area contributed by atoms with Crippen LogP contribution in [-0.4, -0.2) is 11.0 Å². The summed E-state index contributed by atoms with van der Waals surface area (Å²) in [4.78, 5) is 12.3. The summed E-state index contributed by atoms with van der Waals surface area (Å²) in [7, 11) is 0. The van der Waals surface area contributed by atoms with Gasteiger partial charge in [0.2, 0.25) is 0 Å². The molecule has 0 saturated heterocycles. The second kappa shape index (κ2) is 5.90. The van der Waals surface area contributed by atoms with Gasteiger partial charge in [0.25, 0.3) is 5.91 Å². The lowest BCUT2D eigenvalue weighted by Crippen LogP contribution is -2.23. The number of aliphatic hydroxyl groups is 1. The quantitative estimate of drug-likeness (QED) is 0.389. The summed E-state index contributed by atoms with van der Waals surface area (Å²) in [5.41, 5.74) is 1.37. The number of hydrogen-bond acceptors (Lipinski definition) is 5. The number of amides is 1. The summed E-state index contributed by atoms with van der Waals surface area (Å²) in [6, 6.07) is 8.57. The van der Waals surface area contributed by atoms with E-state index in [0.29, 0.717) is 16.8 Å². The Balaban J connectivity index is 2.31. The predicted molar refractivity (Wildman–Crippen MR) is 80.4 cm³/mol. The lowest BCUT2D eigenvalue weighted by atomic mass is 10.1. The molecule has 0 spiro atoms. The molecule has 6 heteroatoms. The number of carbonyl (C=O) groups excluding carboxylic acids is 1. The third kappa shape index (κ3) is 3.01. The van der Waals surface area contributed by atoms with E-state index in [1.54, 1.807) is 31.2 Å². The number of carbonyl (C=O) groups is 1. The minimum atomic E-state index is -0.672. The van der Waals surface area contributed by atoms with E-state index >= 15 is 0 Å². The number of rotatable bonds is 3. The van der Waals surface area contributed by atoms with Crippen LogP contribution in [0.1, 0.15) is 24.0 Å². The summed E-state index contributed by atoms with van der Waals surface area (Å²) in [6.07, 6.45) is 1.57. The van der Waals surface area contributed by atoms with Gasteiger partial charge >= 0.3 is 0 Å². The summed E-state index contributed by atoms with van der Waals surface area (Å²) in [6.45, 7) is 1.75. The van der Waals surface area contributed by atoms with Crippen LogP contribution in [0.15, 0.2) is 29.5 Å². The molecule has 0 heterocycles. The molecule has 0 aromatic heterocycles. The normalized spacial score (nSPS) is 14.7. The molecule has 1 amide bonds. The zero-order valence-electron chi connectivity index (χ0n) is 11.4. The molecule has 1 aliphatic rings. The molecule has 5 nitrogen and oxygen atoms in total. The van der Waals surface area contributed by atoms with Gasteiger partial charge in [0.15, 0.2) is 5.57 Å². The number of nitriles is 2. The molecule has 0 radical (unpaired) electrons. The van der Waals surface area contributed by atoms with Crippen molar-refractivity contribution >= 4 is 24.4 Å². The van der Waals surface area contributed by atoms with E-state index in [2.05, 4.69) is 12.8 Å². The van der Waals surface area contributed by atoms with Crippen molar-refractivity contribution in [1.29, 1.82) is 10.5 Å². The summed E-state index contributed by atoms with van der Waals surface area (Å²) in [5.74, 6) is -0.922. The van der Waals surface area contributed by atoms with Crippen molar-refractivity contribution in [2.24, 2.45) is 5.92 Å². The molecule has 1 fully saturated rings. The number of anilines is 1. The fraction of sp³-hybridized carbons (Fsp3) is 0.267. The fourth-order valence-electron chi connectivity index (χ4n) is 1.90. The van der Waals surface area contributed by atoms with Gasteiger partial charge in [-0.1, -0.05) is 12.8 Å². The van der Waals surface area contributed by atoms with Crippen LogP contribution in [0.3, 0.4) is 0 Å². The standard InChI is InChI=1S/C15H13N3O2S/c1-9-6-12(5-4-11(9)7-16)18(21)15(20)13(8-17)14(19)10-2-3-10/h4-6,10,19,21H,2-3H2,1H3. The number of thiol groups is 1. The van der Waals surface area contributed by atoms with Crippen LogP contribution >= 0.6 is 12.8 Å². The van der Waals surface area contributed by atoms with Crippen LogP contribution < -0.4 is 4.31 Å². The van der Waals surface area contributed by atoms with Gasteiger partial charge in [0, 0.05) is 5.92 Å². The highest BCUT2D eigenvalue weighted by Gasteiger charge is 2.32. The van der Waals surface area contributed by atoms with Crippen LogP contribution in [0.5, 0.6) is 0 Å². The van der Waals surface area contributed by atoms with Gasteiger partial charge in [-0.2, -0.15) is 10.5 Å². The first kappa shape index (κ1) is 15.0. The maximum Gasteiger partial charge on any atom is 0.282 e. The Labute approximate surface area is 128 Å². The highest BCUT2D eigenvalue weighted by molar-refractivity contribution is 7.82. The Bertz CT molecular complexity index is 709. The molecule has 2 rings (SSSR count). The number of aryl methyl sites for hydroxylation is 1. The highest BCUT2D eigenvalue weighted by atomic mass is 32.1. The van der Waals surface area contributed by atoms with Gasteiger partial charge in [0.1, 0.15) is 11.8 Å². The van der Waals surface area contributed by atoms with Crippen molar-refractivity contribution in [3.05, 3.63) is 40.7 Å². The topological polar surface area (TPSA) is 88.1 Å². The second-order valence-electron chi connectivity index (χ2n) is 4.87. The molecule has 1 aliphatic carbocycles. The number of hydrogen-bond donors (Lipinski definition) is 2. The Morgan fingerprint density at radius 3 is 2.57 bits per heavy atom. The van der Waals surface area contributed by atoms with E-state index in [-0.39, 0.29) is 17.3 Å². The van der Waals surface area contributed by atoms with Crippen molar-refractivity contribution in [1.82, 2.24) is 0 Å². The van der Waals surface area contributed by atoms with Crippen molar-refractivity contribution in [2.75, 3.05) is 4.31 Å². The second-order valence-corrected chi connectivity index (χ2v) is 5.27. The highest BCUT2D eigenvalue weighted by Crippen LogP contribution is 2.37. The van der Waals surface area contributed by atoms with Gasteiger partial charge in [0.05, 0.1) is 17.3 Å². The van der Waals surface area contributed by atoms with E-state index in [1.165, 1.54) is 0 Å². The lowest BCUT2D eigenvalue weighted by molar-refractivity contribution is -0.113. The van der Waals surface area contributed by atoms with E-state index in [4.69, 9.17) is 10.5 Å². The van der Waals surface area contributed by atoms with E-state index in [0.717, 1.165) is 17.1 Å². The minimum absolute atomic E-state index is 0.0898. The molecular formula is C15H13N3O2S. The third-order valence-electron chi connectivity index (χ3n) is 3.31. The first-order valence-corrected chi connectivity index (χ1v) is 6.77. The van der Waals surface area contributed by atoms with Crippen molar-refractivity contribution in [2.45, 2.75) is 19.8 Å². The maximum atomic E-state index is 12.3. The number of nitrogens with zero attached hydrogens (tertiary/aromatic N) is 3. The summed E-state index contributed by atoms with van der Waals surface area (Å²) >= 11 is 4.11. The first-order valence-electron chi connectivity index (χ1n) is 6.37. The van der Waals surface area contributed by atoms with Gasteiger partial charge < -0.3 is 5.11 Å². The SMILES string of the molecule is Cc1cc(N(S)C(=O)C(C#N)=C(O)C2CC2)ccc1C#N. The van der Waals surface area contributed by atoms with Crippen LogP contribution in [0, 0.1) is 35.5 Å². The average Bonchev–Trinajstić information content (AvgIpc) is 3.31. The van der Waals surface area contributed by atoms with Gasteiger partial charge in [-0.3, -0.25) is 9.10 Å². The van der Waals surface area contributed by atoms with Crippen molar-refractivity contribution < 1.29 is 9.90 Å². The molecule has 1 saturated carbocycles. The Morgan fingerprint density at radius 2 is 2.10 bits per heavy atom. The minimum Gasteiger partial charge on any atom is -0.510 e. The van der Waals surface area contributed by atoms with E-state index < -0.39 is 5.91 Å². The smallest absolute Gasteiger partial charge is 0.282 e. The lowest BCUT2D eigenvalue weighted by Gasteiger charge is -2.16. The maximum absolute atomic E-state index is 12.3. The van der Waals surface area contributed by atoms with Gasteiger partial charge in [-0.25, -0.2) is 0 Å². The monoisotopic (exact) mass is 299 g/mol. The van der Waals surface area contributed by atoms with Crippen LogP contribution in [0.4, 0.5) is 5.69 Å². The molecule has 0 bridgehead atoms. The molecular weight excluding hydrogens is 286 g/mol. The molecule has 21 heavy (non-hydrogen) atoms. The molecule has 0 aliphatic heterocycles. The zero-order chi connectivity index (χ0) is 15.6. The van der Waals surface area contributed by atoms with Crippen LogP contribution in [0.2, 0.25) is 0 Å². The first-order chi connectivity index (χ1) is 9.99. The summed E-state index contributed by atoms with van der Waals surface area (Å²) < 4.78 is 1.01. The predicted octanol–water partition coefficient (Wildman–Crippen LogP) is 2.79. The largest absolute Gasteiger partial charge is 0.510 e. The molecule has 1 N–H and O–H groups in total. The van der Waals surface area contributed by atoms with Gasteiger partial charge in [-0.15, -0.1) is 0 Å². The molecule has 106 valence electrons. The third-order valence-corrected chi connectivity index (χ3v) is 3.73. The van der Waals surface area contributed by atoms with Crippen LogP contribution in [-0.2, 0) is 4.79 Å². The molecule has 0 unspecified atom stereocenters.